The molecule has 2 heterocycles. The molecule has 5 heteroatoms. The molecule has 8 aliphatic carbocycles. The zero-order valence-corrected chi connectivity index (χ0v) is 23.6. The smallest absolute Gasteiger partial charge is 0.163 e. The van der Waals surface area contributed by atoms with Crippen LogP contribution in [0.2, 0.25) is 0 Å². The minimum Gasteiger partial charge on any atom is -0.238 e. The van der Waals surface area contributed by atoms with E-state index in [4.69, 9.17) is 20.1 Å². The fourth-order valence-electron chi connectivity index (χ4n) is 11.4. The molecule has 0 saturated heterocycles. The van der Waals surface area contributed by atoms with Crippen LogP contribution in [-0.2, 0) is 10.8 Å². The highest BCUT2D eigenvalue weighted by molar-refractivity contribution is 5.59. The quantitative estimate of drug-likeness (QED) is 0.363. The molecule has 0 unspecified atom stereocenters. The highest BCUT2D eigenvalue weighted by atomic mass is 15.3. The predicted octanol–water partition coefficient (Wildman–Crippen LogP) is 7.28. The first-order valence-electron chi connectivity index (χ1n) is 15.8. The molecule has 5 nitrogen and oxygen atoms in total. The summed E-state index contributed by atoms with van der Waals surface area (Å²) in [7, 11) is 0. The van der Waals surface area contributed by atoms with Crippen molar-refractivity contribution in [2.75, 3.05) is 0 Å². The van der Waals surface area contributed by atoms with E-state index in [9.17, 15) is 0 Å². The maximum Gasteiger partial charge on any atom is 0.163 e. The molecule has 3 aromatic rings. The molecule has 0 atom stereocenters. The molecule has 0 aliphatic heterocycles. The van der Waals surface area contributed by atoms with E-state index in [-0.39, 0.29) is 10.8 Å². The first-order chi connectivity index (χ1) is 18.9. The second-order valence-corrected chi connectivity index (χ2v) is 15.1. The van der Waals surface area contributed by atoms with Gasteiger partial charge in [0, 0.05) is 22.1 Å². The Morgan fingerprint density at radius 2 is 1.13 bits per heavy atom. The van der Waals surface area contributed by atoms with Gasteiger partial charge in [-0.2, -0.15) is 5.10 Å². The van der Waals surface area contributed by atoms with E-state index in [1.807, 2.05) is 0 Å². The van der Waals surface area contributed by atoms with E-state index in [1.165, 1.54) is 77.0 Å². The van der Waals surface area contributed by atoms with Crippen LogP contribution >= 0.6 is 0 Å². The summed E-state index contributed by atoms with van der Waals surface area (Å²) in [5, 5.41) is 4.77. The molecule has 39 heavy (non-hydrogen) atoms. The summed E-state index contributed by atoms with van der Waals surface area (Å²) in [5.74, 6) is 8.53. The topological polar surface area (TPSA) is 56.5 Å². The third-order valence-corrected chi connectivity index (χ3v) is 12.0. The van der Waals surface area contributed by atoms with Crippen LogP contribution in [0.1, 0.15) is 100 Å². The summed E-state index contributed by atoms with van der Waals surface area (Å²) in [6.45, 7) is 4.20. The zero-order chi connectivity index (χ0) is 25.9. The van der Waals surface area contributed by atoms with Gasteiger partial charge >= 0.3 is 0 Å². The van der Waals surface area contributed by atoms with E-state index in [0.717, 1.165) is 75.6 Å². The molecule has 8 saturated carbocycles. The summed E-state index contributed by atoms with van der Waals surface area (Å²) in [6.07, 6.45) is 16.5. The molecule has 202 valence electrons. The molecule has 8 aliphatic rings. The number of aryl methyl sites for hydroxylation is 2. The SMILES string of the molecule is Cc1cc(C)n(-c2cccc(-c3nc(C45CC6CC(CC(C6)C4)C5)nc(C45CC6CC(CC(C6)C4)C5)n3)c2)n1. The average Bonchev–Trinajstić information content (AvgIpc) is 3.25. The number of hydrogen-bond donors (Lipinski definition) is 0. The van der Waals surface area contributed by atoms with Gasteiger partial charge in [-0.25, -0.2) is 19.6 Å². The highest BCUT2D eigenvalue weighted by Gasteiger charge is 2.56. The Bertz CT molecular complexity index is 1330. The Morgan fingerprint density at radius 3 is 1.56 bits per heavy atom. The van der Waals surface area contributed by atoms with Crippen LogP contribution in [0.4, 0.5) is 0 Å². The Labute approximate surface area is 232 Å². The van der Waals surface area contributed by atoms with Crippen molar-refractivity contribution in [3.05, 3.63) is 53.4 Å². The van der Waals surface area contributed by atoms with Crippen LogP contribution in [0.15, 0.2) is 30.3 Å². The lowest BCUT2D eigenvalue weighted by Crippen LogP contribution is -2.51. The van der Waals surface area contributed by atoms with E-state index >= 15 is 0 Å². The number of nitrogens with zero attached hydrogens (tertiary/aromatic N) is 5. The van der Waals surface area contributed by atoms with Gasteiger partial charge in [0.15, 0.2) is 5.82 Å². The number of hydrogen-bond acceptors (Lipinski definition) is 4. The van der Waals surface area contributed by atoms with E-state index in [2.05, 4.69) is 48.9 Å². The number of rotatable bonds is 4. The Kier molecular flexibility index (Phi) is 4.76. The summed E-state index contributed by atoms with van der Waals surface area (Å²) < 4.78 is 2.06. The Balaban J connectivity index is 1.20. The fraction of sp³-hybridized carbons (Fsp3) is 0.647. The molecule has 0 N–H and O–H groups in total. The summed E-state index contributed by atoms with van der Waals surface area (Å²) in [5.41, 5.74) is 4.76. The summed E-state index contributed by atoms with van der Waals surface area (Å²) in [6, 6.07) is 10.9. The van der Waals surface area contributed by atoms with Crippen molar-refractivity contribution in [3.8, 4) is 17.1 Å². The van der Waals surface area contributed by atoms with Crippen molar-refractivity contribution in [1.29, 1.82) is 0 Å². The number of benzene rings is 1. The largest absolute Gasteiger partial charge is 0.238 e. The van der Waals surface area contributed by atoms with Crippen molar-refractivity contribution in [3.63, 3.8) is 0 Å². The molecule has 0 radical (unpaired) electrons. The van der Waals surface area contributed by atoms with Crippen molar-refractivity contribution in [2.24, 2.45) is 35.5 Å². The minimum atomic E-state index is 0.177. The van der Waals surface area contributed by atoms with Crippen molar-refractivity contribution in [2.45, 2.75) is 102 Å². The first-order valence-corrected chi connectivity index (χ1v) is 15.8. The molecule has 11 rings (SSSR count). The molecule has 2 aromatic heterocycles. The maximum absolute atomic E-state index is 5.60. The van der Waals surface area contributed by atoms with Gasteiger partial charge < -0.3 is 0 Å². The van der Waals surface area contributed by atoms with Crippen molar-refractivity contribution >= 4 is 0 Å². The van der Waals surface area contributed by atoms with Gasteiger partial charge in [0.25, 0.3) is 0 Å². The van der Waals surface area contributed by atoms with Gasteiger partial charge in [-0.05, 0) is 145 Å². The molecule has 0 spiro atoms. The molecule has 8 bridgehead atoms. The zero-order valence-electron chi connectivity index (χ0n) is 23.6. The fourth-order valence-corrected chi connectivity index (χ4v) is 11.4. The first kappa shape index (κ1) is 23.2. The van der Waals surface area contributed by atoms with Crippen molar-refractivity contribution in [1.82, 2.24) is 24.7 Å². The average molecular weight is 520 g/mol. The lowest BCUT2D eigenvalue weighted by atomic mass is 9.49. The molecule has 0 amide bonds. The second kappa shape index (κ2) is 8.01. The van der Waals surface area contributed by atoms with Gasteiger partial charge in [-0.3, -0.25) is 0 Å². The van der Waals surface area contributed by atoms with Crippen LogP contribution < -0.4 is 0 Å². The monoisotopic (exact) mass is 519 g/mol. The maximum atomic E-state index is 5.60. The third kappa shape index (κ3) is 3.56. The van der Waals surface area contributed by atoms with Crippen LogP contribution in [0.25, 0.3) is 17.1 Å². The summed E-state index contributed by atoms with van der Waals surface area (Å²) >= 11 is 0. The highest BCUT2D eigenvalue weighted by Crippen LogP contribution is 2.62. The van der Waals surface area contributed by atoms with Crippen LogP contribution in [0.5, 0.6) is 0 Å². The van der Waals surface area contributed by atoms with Gasteiger partial charge in [0.1, 0.15) is 11.6 Å². The Morgan fingerprint density at radius 1 is 0.641 bits per heavy atom. The molecular weight excluding hydrogens is 478 g/mol. The molecule has 8 fully saturated rings. The third-order valence-electron chi connectivity index (χ3n) is 12.0. The number of aromatic nitrogens is 5. The Hall–Kier alpha value is -2.56. The van der Waals surface area contributed by atoms with Gasteiger partial charge in [-0.15, -0.1) is 0 Å². The normalized spacial score (nSPS) is 39.5. The van der Waals surface area contributed by atoms with Gasteiger partial charge in [0.05, 0.1) is 11.4 Å². The van der Waals surface area contributed by atoms with Crippen LogP contribution in [0.3, 0.4) is 0 Å². The van der Waals surface area contributed by atoms with Crippen LogP contribution in [0, 0.1) is 49.4 Å². The summed E-state index contributed by atoms with van der Waals surface area (Å²) in [4.78, 5) is 16.5. The lowest BCUT2D eigenvalue weighted by molar-refractivity contribution is -0.0155. The molecule has 1 aromatic carbocycles. The van der Waals surface area contributed by atoms with Crippen molar-refractivity contribution < 1.29 is 0 Å². The van der Waals surface area contributed by atoms with E-state index in [0.29, 0.717) is 0 Å². The standard InChI is InChI=1S/C34H41N5/c1-20-6-21(2)39(38-20)29-5-3-4-28(13-29)30-35-31(33-14-22-7-23(15-33)9-24(8-22)16-33)37-32(36-30)34-17-25-10-26(18-34)12-27(11-25)19-34/h3-6,13,22-27H,7-12,14-19H2,1-2H3. The van der Waals surface area contributed by atoms with Gasteiger partial charge in [0.2, 0.25) is 0 Å². The van der Waals surface area contributed by atoms with Crippen LogP contribution in [-0.4, -0.2) is 24.7 Å². The second-order valence-electron chi connectivity index (χ2n) is 15.1. The minimum absolute atomic E-state index is 0.177. The van der Waals surface area contributed by atoms with Gasteiger partial charge in [-0.1, -0.05) is 12.1 Å². The lowest BCUT2D eigenvalue weighted by Gasteiger charge is -2.57. The van der Waals surface area contributed by atoms with E-state index < -0.39 is 0 Å². The van der Waals surface area contributed by atoms with E-state index in [1.54, 1.807) is 0 Å². The predicted molar refractivity (Wildman–Crippen MR) is 152 cm³/mol. The molecular formula is C34H41N5.